The van der Waals surface area contributed by atoms with Crippen molar-refractivity contribution in [2.45, 2.75) is 32.1 Å². The molecule has 3 rings (SSSR count). The summed E-state index contributed by atoms with van der Waals surface area (Å²) in [4.78, 5) is 26.0. The maximum absolute atomic E-state index is 12.4. The Labute approximate surface area is 170 Å². The van der Waals surface area contributed by atoms with Gasteiger partial charge in [-0.1, -0.05) is 35.9 Å². The number of carbonyl (C=O) groups is 2. The molecule has 6 heteroatoms. The van der Waals surface area contributed by atoms with Gasteiger partial charge in [-0.25, -0.2) is 0 Å². The Kier molecular flexibility index (Phi) is 6.93. The maximum Gasteiger partial charge on any atom is 0.224 e. The molecule has 5 nitrogen and oxygen atoms in total. The van der Waals surface area contributed by atoms with E-state index < -0.39 is 0 Å². The number of hydrogen-bond acceptors (Lipinski definition) is 3. The number of amides is 2. The Balaban J connectivity index is 1.53. The van der Waals surface area contributed by atoms with Gasteiger partial charge >= 0.3 is 0 Å². The maximum atomic E-state index is 12.4. The van der Waals surface area contributed by atoms with Gasteiger partial charge in [-0.2, -0.15) is 0 Å². The number of anilines is 2. The van der Waals surface area contributed by atoms with Crippen LogP contribution in [0.5, 0.6) is 0 Å². The van der Waals surface area contributed by atoms with E-state index in [0.717, 1.165) is 55.2 Å². The van der Waals surface area contributed by atoms with E-state index in [0.29, 0.717) is 6.42 Å². The van der Waals surface area contributed by atoms with E-state index in [1.54, 1.807) is 0 Å². The van der Waals surface area contributed by atoms with Crippen molar-refractivity contribution in [2.75, 3.05) is 23.3 Å². The van der Waals surface area contributed by atoms with Crippen LogP contribution in [0.3, 0.4) is 0 Å². The van der Waals surface area contributed by atoms with E-state index >= 15 is 0 Å². The normalized spacial score (nSPS) is 14.7. The van der Waals surface area contributed by atoms with Crippen molar-refractivity contribution in [1.82, 2.24) is 0 Å². The van der Waals surface area contributed by atoms with Crippen LogP contribution in [0, 0.1) is 5.92 Å². The van der Waals surface area contributed by atoms with E-state index in [1.807, 2.05) is 48.5 Å². The summed E-state index contributed by atoms with van der Waals surface area (Å²) in [5, 5.41) is 3.76. The summed E-state index contributed by atoms with van der Waals surface area (Å²) in [5.74, 6) is -0.263. The minimum Gasteiger partial charge on any atom is -0.370 e. The van der Waals surface area contributed by atoms with E-state index in [9.17, 15) is 9.59 Å². The first-order valence-corrected chi connectivity index (χ1v) is 10.1. The summed E-state index contributed by atoms with van der Waals surface area (Å²) in [6.45, 7) is 1.52. The molecule has 0 aromatic heterocycles. The average Bonchev–Trinajstić information content (AvgIpc) is 2.70. The third-order valence-corrected chi connectivity index (χ3v) is 5.45. The summed E-state index contributed by atoms with van der Waals surface area (Å²) < 4.78 is 0. The van der Waals surface area contributed by atoms with Gasteiger partial charge in [0.15, 0.2) is 0 Å². The lowest BCUT2D eigenvalue weighted by molar-refractivity contribution is -0.122. The third kappa shape index (κ3) is 5.49. The van der Waals surface area contributed by atoms with Crippen molar-refractivity contribution in [3.8, 4) is 0 Å². The first kappa shape index (κ1) is 20.2. The first-order chi connectivity index (χ1) is 13.5. The number of halogens is 1. The van der Waals surface area contributed by atoms with Crippen LogP contribution in [0.25, 0.3) is 0 Å². The molecule has 1 aliphatic rings. The van der Waals surface area contributed by atoms with Crippen LogP contribution in [0.4, 0.5) is 11.4 Å². The highest BCUT2D eigenvalue weighted by atomic mass is 35.5. The molecule has 0 saturated carbocycles. The SMILES string of the molecule is NC(=O)C1CCN(c2ccccc2NC(=O)CCCc2ccc(Cl)cc2)CC1. The summed E-state index contributed by atoms with van der Waals surface area (Å²) in [6, 6.07) is 15.5. The highest BCUT2D eigenvalue weighted by molar-refractivity contribution is 6.30. The molecule has 1 fully saturated rings. The number of nitrogens with zero attached hydrogens (tertiary/aromatic N) is 1. The van der Waals surface area contributed by atoms with Crippen molar-refractivity contribution < 1.29 is 9.59 Å². The lowest BCUT2D eigenvalue weighted by atomic mass is 9.96. The van der Waals surface area contributed by atoms with Gasteiger partial charge in [0, 0.05) is 30.5 Å². The average molecular weight is 400 g/mol. The molecule has 2 aromatic carbocycles. The predicted octanol–water partition coefficient (Wildman–Crippen LogP) is 4.00. The number of rotatable bonds is 7. The van der Waals surface area contributed by atoms with Crippen LogP contribution < -0.4 is 16.0 Å². The fraction of sp³-hybridized carbons (Fsp3) is 0.364. The molecule has 1 heterocycles. The molecule has 0 radical (unpaired) electrons. The van der Waals surface area contributed by atoms with Crippen LogP contribution in [-0.4, -0.2) is 24.9 Å². The summed E-state index contributed by atoms with van der Waals surface area (Å²) in [7, 11) is 0. The molecule has 28 heavy (non-hydrogen) atoms. The lowest BCUT2D eigenvalue weighted by Crippen LogP contribution is -2.38. The van der Waals surface area contributed by atoms with Gasteiger partial charge in [0.2, 0.25) is 11.8 Å². The highest BCUT2D eigenvalue weighted by Gasteiger charge is 2.24. The molecule has 0 aliphatic carbocycles. The Bertz CT molecular complexity index is 815. The number of hydrogen-bond donors (Lipinski definition) is 2. The lowest BCUT2D eigenvalue weighted by Gasteiger charge is -2.33. The number of nitrogens with two attached hydrogens (primary N) is 1. The van der Waals surface area contributed by atoms with Gasteiger partial charge in [0.25, 0.3) is 0 Å². The Hall–Kier alpha value is -2.53. The molecule has 2 aromatic rings. The molecule has 3 N–H and O–H groups in total. The highest BCUT2D eigenvalue weighted by Crippen LogP contribution is 2.30. The second-order valence-electron chi connectivity index (χ2n) is 7.21. The van der Waals surface area contributed by atoms with Crippen LogP contribution in [0.2, 0.25) is 5.02 Å². The zero-order valence-electron chi connectivity index (χ0n) is 15.9. The van der Waals surface area contributed by atoms with Gasteiger partial charge in [-0.3, -0.25) is 9.59 Å². The second-order valence-corrected chi connectivity index (χ2v) is 7.65. The van der Waals surface area contributed by atoms with Gasteiger partial charge in [0.1, 0.15) is 0 Å². The van der Waals surface area contributed by atoms with Crippen molar-refractivity contribution in [1.29, 1.82) is 0 Å². The van der Waals surface area contributed by atoms with Gasteiger partial charge < -0.3 is 16.0 Å². The molecular weight excluding hydrogens is 374 g/mol. The van der Waals surface area contributed by atoms with Crippen molar-refractivity contribution in [3.63, 3.8) is 0 Å². The minimum atomic E-state index is -0.220. The fourth-order valence-corrected chi connectivity index (χ4v) is 3.70. The number of benzene rings is 2. The first-order valence-electron chi connectivity index (χ1n) is 9.70. The second kappa shape index (κ2) is 9.60. The van der Waals surface area contributed by atoms with Crippen molar-refractivity contribution in [3.05, 3.63) is 59.1 Å². The van der Waals surface area contributed by atoms with Crippen LogP contribution in [-0.2, 0) is 16.0 Å². The standard InChI is InChI=1S/C22H26ClN3O2/c23-18-10-8-16(9-11-18)4-3-7-21(27)25-19-5-1-2-6-20(19)26-14-12-17(13-15-26)22(24)28/h1-2,5-6,8-11,17H,3-4,7,12-15H2,(H2,24,28)(H,25,27). The van der Waals surface area contributed by atoms with Crippen LogP contribution in [0.1, 0.15) is 31.2 Å². The number of piperidine rings is 1. The number of nitrogens with one attached hydrogen (secondary N) is 1. The van der Waals surface area contributed by atoms with Gasteiger partial charge in [-0.15, -0.1) is 0 Å². The quantitative estimate of drug-likeness (QED) is 0.738. The molecule has 0 spiro atoms. The van der Waals surface area contributed by atoms with Crippen molar-refractivity contribution >= 4 is 34.8 Å². The van der Waals surface area contributed by atoms with E-state index in [1.165, 1.54) is 5.56 Å². The molecule has 2 amide bonds. The number of aryl methyl sites for hydroxylation is 1. The van der Waals surface area contributed by atoms with Gasteiger partial charge in [0.05, 0.1) is 11.4 Å². The van der Waals surface area contributed by atoms with Crippen LogP contribution in [0.15, 0.2) is 48.5 Å². The number of carbonyl (C=O) groups excluding carboxylic acids is 2. The van der Waals surface area contributed by atoms with Crippen LogP contribution >= 0.6 is 11.6 Å². The fourth-order valence-electron chi connectivity index (χ4n) is 3.58. The Morgan fingerprint density at radius 3 is 2.43 bits per heavy atom. The molecule has 0 bridgehead atoms. The Morgan fingerprint density at radius 1 is 1.07 bits per heavy atom. The molecular formula is C22H26ClN3O2. The topological polar surface area (TPSA) is 75.4 Å². The largest absolute Gasteiger partial charge is 0.370 e. The summed E-state index contributed by atoms with van der Waals surface area (Å²) >= 11 is 5.90. The van der Waals surface area contributed by atoms with E-state index in [2.05, 4.69) is 10.2 Å². The third-order valence-electron chi connectivity index (χ3n) is 5.20. The van der Waals surface area contributed by atoms with E-state index in [4.69, 9.17) is 17.3 Å². The smallest absolute Gasteiger partial charge is 0.224 e. The molecule has 148 valence electrons. The number of primary amides is 1. The van der Waals surface area contributed by atoms with Crippen molar-refractivity contribution in [2.24, 2.45) is 11.7 Å². The monoisotopic (exact) mass is 399 g/mol. The van der Waals surface area contributed by atoms with E-state index in [-0.39, 0.29) is 17.7 Å². The predicted molar refractivity (Wildman–Crippen MR) is 114 cm³/mol. The molecule has 0 atom stereocenters. The molecule has 1 saturated heterocycles. The zero-order chi connectivity index (χ0) is 19.9. The number of para-hydroxylation sites is 2. The van der Waals surface area contributed by atoms with Gasteiger partial charge in [-0.05, 0) is 55.5 Å². The summed E-state index contributed by atoms with van der Waals surface area (Å²) in [6.07, 6.45) is 3.57. The summed E-state index contributed by atoms with van der Waals surface area (Å²) in [5.41, 5.74) is 8.41. The minimum absolute atomic E-state index is 0.00781. The zero-order valence-corrected chi connectivity index (χ0v) is 16.6. The molecule has 0 unspecified atom stereocenters. The Morgan fingerprint density at radius 2 is 1.75 bits per heavy atom. The molecule has 1 aliphatic heterocycles.